The van der Waals surface area contributed by atoms with Gasteiger partial charge in [-0.25, -0.2) is 17.9 Å². The van der Waals surface area contributed by atoms with Crippen LogP contribution in [0.3, 0.4) is 0 Å². The third-order valence-corrected chi connectivity index (χ3v) is 6.73. The SMILES string of the molecule is CS(=O)(=O)N[C@H]1CCCN(C(=O)OCC2CC2)[C@H]1Cc1cccc(-c2ccccc2)c1. The van der Waals surface area contributed by atoms with Gasteiger partial charge in [0.05, 0.1) is 18.9 Å². The second kappa shape index (κ2) is 9.40. The zero-order chi connectivity index (χ0) is 21.8. The van der Waals surface area contributed by atoms with Gasteiger partial charge in [0.25, 0.3) is 0 Å². The minimum absolute atomic E-state index is 0.291. The lowest BCUT2D eigenvalue weighted by molar-refractivity contribution is 0.0618. The van der Waals surface area contributed by atoms with Gasteiger partial charge in [-0.05, 0) is 54.7 Å². The summed E-state index contributed by atoms with van der Waals surface area (Å²) in [6.07, 6.45) is 5.06. The summed E-state index contributed by atoms with van der Waals surface area (Å²) in [4.78, 5) is 14.6. The van der Waals surface area contributed by atoms with Gasteiger partial charge in [-0.1, -0.05) is 54.6 Å². The van der Waals surface area contributed by atoms with Crippen LogP contribution in [-0.2, 0) is 21.2 Å². The second-order valence-corrected chi connectivity index (χ2v) is 10.5. The molecule has 0 spiro atoms. The highest BCUT2D eigenvalue weighted by molar-refractivity contribution is 7.88. The zero-order valence-corrected chi connectivity index (χ0v) is 18.7. The Balaban J connectivity index is 1.57. The molecule has 2 aliphatic rings. The molecular weight excluding hydrogens is 412 g/mol. The van der Waals surface area contributed by atoms with Crippen molar-refractivity contribution < 1.29 is 17.9 Å². The third kappa shape index (κ3) is 6.08. The predicted octanol–water partition coefficient (Wildman–Crippen LogP) is 3.82. The van der Waals surface area contributed by atoms with Crippen molar-refractivity contribution in [1.82, 2.24) is 9.62 Å². The molecule has 2 aromatic rings. The van der Waals surface area contributed by atoms with E-state index < -0.39 is 10.0 Å². The molecule has 0 aromatic heterocycles. The number of ether oxygens (including phenoxy) is 1. The van der Waals surface area contributed by atoms with Gasteiger partial charge in [0.1, 0.15) is 0 Å². The molecule has 1 amide bonds. The summed E-state index contributed by atoms with van der Waals surface area (Å²) in [5, 5.41) is 0. The van der Waals surface area contributed by atoms with Gasteiger partial charge in [0.15, 0.2) is 0 Å². The molecular formula is C24H30N2O4S. The maximum absolute atomic E-state index is 12.9. The molecule has 1 N–H and O–H groups in total. The van der Waals surface area contributed by atoms with Crippen LogP contribution >= 0.6 is 0 Å². The number of nitrogens with one attached hydrogen (secondary N) is 1. The van der Waals surface area contributed by atoms with E-state index in [1.54, 1.807) is 4.90 Å². The number of hydrogen-bond donors (Lipinski definition) is 1. The maximum atomic E-state index is 12.9. The molecule has 1 aliphatic heterocycles. The highest BCUT2D eigenvalue weighted by atomic mass is 32.2. The van der Waals surface area contributed by atoms with Crippen LogP contribution in [0.15, 0.2) is 54.6 Å². The summed E-state index contributed by atoms with van der Waals surface area (Å²) < 4.78 is 32.3. The Morgan fingerprint density at radius 1 is 1.06 bits per heavy atom. The minimum Gasteiger partial charge on any atom is -0.449 e. The molecule has 1 aliphatic carbocycles. The Labute approximate surface area is 184 Å². The van der Waals surface area contributed by atoms with E-state index in [0.717, 1.165) is 36.0 Å². The van der Waals surface area contributed by atoms with Gasteiger partial charge >= 0.3 is 6.09 Å². The Bertz CT molecular complexity index is 1010. The third-order valence-electron chi connectivity index (χ3n) is 6.00. The van der Waals surface area contributed by atoms with E-state index in [-0.39, 0.29) is 18.2 Å². The van der Waals surface area contributed by atoms with Crippen molar-refractivity contribution in [1.29, 1.82) is 0 Å². The number of carbonyl (C=O) groups is 1. The normalized spacial score (nSPS) is 21.6. The molecule has 4 rings (SSSR count). The van der Waals surface area contributed by atoms with Crippen molar-refractivity contribution in [3.8, 4) is 11.1 Å². The average molecular weight is 443 g/mol. The molecule has 7 heteroatoms. The summed E-state index contributed by atoms with van der Waals surface area (Å²) >= 11 is 0. The van der Waals surface area contributed by atoms with Gasteiger partial charge < -0.3 is 9.64 Å². The number of nitrogens with zero attached hydrogens (tertiary/aromatic N) is 1. The minimum atomic E-state index is -3.39. The molecule has 2 fully saturated rings. The first-order valence-electron chi connectivity index (χ1n) is 10.9. The quantitative estimate of drug-likeness (QED) is 0.707. The summed E-state index contributed by atoms with van der Waals surface area (Å²) in [5.74, 6) is 0.486. The molecule has 0 radical (unpaired) electrons. The predicted molar refractivity (Wildman–Crippen MR) is 121 cm³/mol. The van der Waals surface area contributed by atoms with Gasteiger partial charge in [-0.15, -0.1) is 0 Å². The van der Waals surface area contributed by atoms with Crippen LogP contribution in [0.4, 0.5) is 4.79 Å². The monoisotopic (exact) mass is 442 g/mol. The van der Waals surface area contributed by atoms with Gasteiger partial charge in [-0.3, -0.25) is 0 Å². The maximum Gasteiger partial charge on any atom is 0.410 e. The largest absolute Gasteiger partial charge is 0.449 e. The Morgan fingerprint density at radius 3 is 2.52 bits per heavy atom. The Morgan fingerprint density at radius 2 is 1.81 bits per heavy atom. The van der Waals surface area contributed by atoms with Crippen LogP contribution in [0.5, 0.6) is 0 Å². The fraction of sp³-hybridized carbons (Fsp3) is 0.458. The summed E-state index contributed by atoms with van der Waals surface area (Å²) in [5.41, 5.74) is 3.29. The van der Waals surface area contributed by atoms with Crippen LogP contribution < -0.4 is 4.72 Å². The zero-order valence-electron chi connectivity index (χ0n) is 17.9. The molecule has 166 valence electrons. The van der Waals surface area contributed by atoms with Crippen molar-refractivity contribution in [3.05, 3.63) is 60.2 Å². The van der Waals surface area contributed by atoms with Crippen LogP contribution in [0.1, 0.15) is 31.2 Å². The second-order valence-electron chi connectivity index (χ2n) is 8.69. The molecule has 0 bridgehead atoms. The van der Waals surface area contributed by atoms with Crippen LogP contribution in [0.2, 0.25) is 0 Å². The van der Waals surface area contributed by atoms with E-state index in [4.69, 9.17) is 4.74 Å². The van der Waals surface area contributed by atoms with Crippen molar-refractivity contribution in [3.63, 3.8) is 0 Å². The number of hydrogen-bond acceptors (Lipinski definition) is 4. The van der Waals surface area contributed by atoms with E-state index in [2.05, 4.69) is 29.0 Å². The number of sulfonamides is 1. The number of rotatable bonds is 7. The highest BCUT2D eigenvalue weighted by Gasteiger charge is 2.37. The van der Waals surface area contributed by atoms with Gasteiger partial charge in [0, 0.05) is 12.6 Å². The molecule has 0 unspecified atom stereocenters. The fourth-order valence-electron chi connectivity index (χ4n) is 4.26. The molecule has 1 saturated carbocycles. The number of likely N-dealkylation sites (tertiary alicyclic amines) is 1. The highest BCUT2D eigenvalue weighted by Crippen LogP contribution is 2.30. The van der Waals surface area contributed by atoms with Crippen molar-refractivity contribution in [2.75, 3.05) is 19.4 Å². The molecule has 1 heterocycles. The first kappa shape index (κ1) is 21.8. The number of piperidine rings is 1. The molecule has 31 heavy (non-hydrogen) atoms. The summed E-state index contributed by atoms with van der Waals surface area (Å²) in [7, 11) is -3.39. The number of carbonyl (C=O) groups excluding carboxylic acids is 1. The van der Waals surface area contributed by atoms with Crippen molar-refractivity contribution in [2.24, 2.45) is 5.92 Å². The standard InChI is InChI=1S/C24H30N2O4S/c1-31(28,29)25-22-11-6-14-26(24(27)30-17-18-12-13-18)23(22)16-19-7-5-10-21(15-19)20-8-3-2-4-9-20/h2-5,7-10,15,18,22-23,25H,6,11-14,16-17H2,1H3/t22-,23-/m0/s1. The van der Waals surface area contributed by atoms with Crippen molar-refractivity contribution in [2.45, 2.75) is 44.2 Å². The molecule has 2 aromatic carbocycles. The number of benzene rings is 2. The van der Waals surface area contributed by atoms with Gasteiger partial charge in [0.2, 0.25) is 10.0 Å². The van der Waals surface area contributed by atoms with Gasteiger partial charge in [-0.2, -0.15) is 0 Å². The van der Waals surface area contributed by atoms with E-state index in [1.165, 1.54) is 6.26 Å². The van der Waals surface area contributed by atoms with E-state index in [1.807, 2.05) is 30.3 Å². The van der Waals surface area contributed by atoms with Crippen molar-refractivity contribution >= 4 is 16.1 Å². The summed E-state index contributed by atoms with van der Waals surface area (Å²) in [6, 6.07) is 17.7. The Hall–Kier alpha value is -2.38. The first-order chi connectivity index (χ1) is 14.9. The first-order valence-corrected chi connectivity index (χ1v) is 12.8. The summed E-state index contributed by atoms with van der Waals surface area (Å²) in [6.45, 7) is 1.03. The van der Waals surface area contributed by atoms with E-state index >= 15 is 0 Å². The molecule has 2 atom stereocenters. The lowest BCUT2D eigenvalue weighted by atomic mass is 9.90. The van der Waals surface area contributed by atoms with Crippen LogP contribution in [0.25, 0.3) is 11.1 Å². The average Bonchev–Trinajstić information content (AvgIpc) is 3.58. The van der Waals surface area contributed by atoms with E-state index in [9.17, 15) is 13.2 Å². The number of amides is 1. The van der Waals surface area contributed by atoms with E-state index in [0.29, 0.717) is 31.9 Å². The lowest BCUT2D eigenvalue weighted by Gasteiger charge is -2.40. The van der Waals surface area contributed by atoms with Crippen LogP contribution in [0, 0.1) is 5.92 Å². The fourth-order valence-corrected chi connectivity index (χ4v) is 5.08. The lowest BCUT2D eigenvalue weighted by Crippen LogP contribution is -2.57. The topological polar surface area (TPSA) is 75.7 Å². The smallest absolute Gasteiger partial charge is 0.410 e. The van der Waals surface area contributed by atoms with Crippen LogP contribution in [-0.4, -0.2) is 50.9 Å². The molecule has 1 saturated heterocycles. The molecule has 6 nitrogen and oxygen atoms in total. The Kier molecular flexibility index (Phi) is 6.62.